The zero-order valence-corrected chi connectivity index (χ0v) is 20.8. The Bertz CT molecular complexity index is 608. The van der Waals surface area contributed by atoms with Crippen molar-refractivity contribution in [2.75, 3.05) is 0 Å². The maximum atomic E-state index is 2.71. The number of hydrogen-bond acceptors (Lipinski definition) is 0. The fourth-order valence-corrected chi connectivity index (χ4v) is 8.00. The van der Waals surface area contributed by atoms with E-state index >= 15 is 0 Å². The van der Waals surface area contributed by atoms with Crippen molar-refractivity contribution in [3.8, 4) is 0 Å². The van der Waals surface area contributed by atoms with Crippen LogP contribution in [0, 0.1) is 40.4 Å². The van der Waals surface area contributed by atoms with E-state index in [1.807, 2.05) is 13.8 Å². The lowest BCUT2D eigenvalue weighted by Gasteiger charge is -2.57. The van der Waals surface area contributed by atoms with Crippen molar-refractivity contribution in [1.29, 1.82) is 0 Å². The summed E-state index contributed by atoms with van der Waals surface area (Å²) in [6.07, 6.45) is 21.2. The van der Waals surface area contributed by atoms with Crippen molar-refractivity contribution >= 4 is 0 Å². The second-order valence-corrected chi connectivity index (χ2v) is 11.7. The second kappa shape index (κ2) is 9.32. The van der Waals surface area contributed by atoms with Gasteiger partial charge in [-0.15, -0.1) is 0 Å². The van der Waals surface area contributed by atoms with Crippen LogP contribution in [-0.4, -0.2) is 0 Å². The van der Waals surface area contributed by atoms with Crippen LogP contribution in [-0.2, 0) is 0 Å². The third kappa shape index (κ3) is 4.29. The van der Waals surface area contributed by atoms with E-state index in [9.17, 15) is 0 Å². The first-order chi connectivity index (χ1) is 13.8. The molecule has 0 aromatic carbocycles. The van der Waals surface area contributed by atoms with Crippen LogP contribution in [0.2, 0.25) is 0 Å². The summed E-state index contributed by atoms with van der Waals surface area (Å²) >= 11 is 0. The normalized spacial score (nSPS) is 40.8. The second-order valence-electron chi connectivity index (χ2n) is 11.7. The highest BCUT2D eigenvalue weighted by Crippen LogP contribution is 2.66. The van der Waals surface area contributed by atoms with Crippen LogP contribution in [0.25, 0.3) is 0 Å². The Morgan fingerprint density at radius 2 is 1.76 bits per heavy atom. The van der Waals surface area contributed by atoms with Gasteiger partial charge in [-0.05, 0) is 98.7 Å². The van der Waals surface area contributed by atoms with Gasteiger partial charge in [0.1, 0.15) is 0 Å². The lowest BCUT2D eigenvalue weighted by Crippen LogP contribution is -2.49. The average Bonchev–Trinajstić information content (AvgIpc) is 3.03. The van der Waals surface area contributed by atoms with Gasteiger partial charge in [0.2, 0.25) is 0 Å². The van der Waals surface area contributed by atoms with Gasteiger partial charge in [-0.2, -0.15) is 0 Å². The Morgan fingerprint density at radius 1 is 1.00 bits per heavy atom. The number of fused-ring (bicyclic) bond motifs is 5. The molecular weight excluding hydrogens is 348 g/mol. The molecule has 4 aliphatic rings. The zero-order valence-electron chi connectivity index (χ0n) is 20.8. The Balaban J connectivity index is 0.00000117. The molecule has 4 rings (SSSR count). The van der Waals surface area contributed by atoms with E-state index in [0.29, 0.717) is 10.8 Å². The lowest BCUT2D eigenvalue weighted by atomic mass is 9.47. The molecule has 2 fully saturated rings. The van der Waals surface area contributed by atoms with E-state index in [4.69, 9.17) is 0 Å². The molecule has 0 saturated heterocycles. The molecule has 4 aliphatic carbocycles. The Labute approximate surface area is 183 Å². The van der Waals surface area contributed by atoms with E-state index in [1.54, 1.807) is 11.1 Å². The molecule has 0 aliphatic heterocycles. The largest absolute Gasteiger partial charge is 0.0844 e. The van der Waals surface area contributed by atoms with Gasteiger partial charge in [-0.3, -0.25) is 0 Å². The number of hydrogen-bond donors (Lipinski definition) is 0. The topological polar surface area (TPSA) is 0 Å². The van der Waals surface area contributed by atoms with Gasteiger partial charge in [0.25, 0.3) is 0 Å². The minimum absolute atomic E-state index is 0.485. The smallest absolute Gasteiger partial charge is 0.00476 e. The predicted octanol–water partition coefficient (Wildman–Crippen LogP) is 9.36. The molecule has 6 atom stereocenters. The summed E-state index contributed by atoms with van der Waals surface area (Å²) in [6.45, 7) is 16.4. The van der Waals surface area contributed by atoms with Crippen LogP contribution in [0.3, 0.4) is 0 Å². The molecular formula is C29H50. The van der Waals surface area contributed by atoms with Crippen molar-refractivity contribution in [1.82, 2.24) is 0 Å². The first-order valence-electron chi connectivity index (χ1n) is 13.2. The molecule has 166 valence electrons. The van der Waals surface area contributed by atoms with Crippen LogP contribution < -0.4 is 0 Å². The highest BCUT2D eigenvalue weighted by molar-refractivity contribution is 5.31. The maximum absolute atomic E-state index is 2.71. The molecule has 29 heavy (non-hydrogen) atoms. The van der Waals surface area contributed by atoms with E-state index in [2.05, 4.69) is 46.8 Å². The van der Waals surface area contributed by atoms with Gasteiger partial charge >= 0.3 is 0 Å². The van der Waals surface area contributed by atoms with Crippen LogP contribution in [0.15, 0.2) is 23.3 Å². The molecule has 2 saturated carbocycles. The minimum Gasteiger partial charge on any atom is -0.0844 e. The fourth-order valence-electron chi connectivity index (χ4n) is 8.00. The molecule has 0 heteroatoms. The number of rotatable bonds is 5. The SMILES string of the molecule is CC.CC1=CCC2(C)C(=CCC3C2CCC2(C)C(CCCCC(C)C)CCC32)C1. The summed E-state index contributed by atoms with van der Waals surface area (Å²) in [4.78, 5) is 0. The molecule has 6 unspecified atom stereocenters. The van der Waals surface area contributed by atoms with E-state index in [0.717, 1.165) is 29.6 Å². The van der Waals surface area contributed by atoms with E-state index in [-0.39, 0.29) is 0 Å². The van der Waals surface area contributed by atoms with Crippen molar-refractivity contribution in [2.45, 2.75) is 119 Å². The minimum atomic E-state index is 0.485. The molecule has 0 spiro atoms. The summed E-state index contributed by atoms with van der Waals surface area (Å²) in [5.74, 6) is 4.84. The van der Waals surface area contributed by atoms with Gasteiger partial charge in [0.05, 0.1) is 0 Å². The van der Waals surface area contributed by atoms with Crippen LogP contribution >= 0.6 is 0 Å². The molecule has 0 radical (unpaired) electrons. The molecule has 0 amide bonds. The highest BCUT2D eigenvalue weighted by atomic mass is 14.6. The van der Waals surface area contributed by atoms with Gasteiger partial charge in [-0.25, -0.2) is 0 Å². The summed E-state index contributed by atoms with van der Waals surface area (Å²) in [5.41, 5.74) is 4.55. The number of unbranched alkanes of at least 4 members (excludes halogenated alkanes) is 1. The molecule has 0 heterocycles. The lowest BCUT2D eigenvalue weighted by molar-refractivity contribution is -0.0362. The van der Waals surface area contributed by atoms with E-state index < -0.39 is 0 Å². The van der Waals surface area contributed by atoms with Gasteiger partial charge in [-0.1, -0.05) is 84.1 Å². The Kier molecular flexibility index (Phi) is 7.44. The van der Waals surface area contributed by atoms with Crippen molar-refractivity contribution in [3.05, 3.63) is 23.3 Å². The van der Waals surface area contributed by atoms with Gasteiger partial charge in [0.15, 0.2) is 0 Å². The molecule has 0 bridgehead atoms. The summed E-state index contributed by atoms with van der Waals surface area (Å²) in [5, 5.41) is 0. The molecule has 0 aromatic heterocycles. The predicted molar refractivity (Wildman–Crippen MR) is 129 cm³/mol. The Hall–Kier alpha value is -0.520. The van der Waals surface area contributed by atoms with Crippen molar-refractivity contribution in [2.24, 2.45) is 40.4 Å². The maximum Gasteiger partial charge on any atom is -0.00476 e. The van der Waals surface area contributed by atoms with Crippen LogP contribution in [0.4, 0.5) is 0 Å². The van der Waals surface area contributed by atoms with E-state index in [1.165, 1.54) is 70.6 Å². The highest BCUT2D eigenvalue weighted by Gasteiger charge is 2.57. The van der Waals surface area contributed by atoms with Crippen LogP contribution in [0.5, 0.6) is 0 Å². The number of allylic oxidation sites excluding steroid dienone is 4. The molecule has 0 aromatic rings. The third-order valence-electron chi connectivity index (χ3n) is 9.75. The molecule has 0 nitrogen and oxygen atoms in total. The van der Waals surface area contributed by atoms with Crippen molar-refractivity contribution < 1.29 is 0 Å². The first-order valence-corrected chi connectivity index (χ1v) is 13.2. The van der Waals surface area contributed by atoms with Crippen molar-refractivity contribution in [3.63, 3.8) is 0 Å². The summed E-state index contributed by atoms with van der Waals surface area (Å²) < 4.78 is 0. The Morgan fingerprint density at radius 3 is 2.48 bits per heavy atom. The quantitative estimate of drug-likeness (QED) is 0.319. The zero-order chi connectivity index (χ0) is 21.2. The third-order valence-corrected chi connectivity index (χ3v) is 9.75. The standard InChI is InChI=1S/C27H44.C2H6/c1-19(2)8-6-7-9-21-11-13-24-23-12-10-22-18-20(3)14-16-27(22,5)25(23)15-17-26(21,24)4;1-2/h10,14,19,21,23-25H,6-9,11-13,15-18H2,1-5H3;1-2H3. The average molecular weight is 399 g/mol. The summed E-state index contributed by atoms with van der Waals surface area (Å²) in [7, 11) is 0. The fraction of sp³-hybridized carbons (Fsp3) is 0.862. The molecule has 0 N–H and O–H groups in total. The van der Waals surface area contributed by atoms with Gasteiger partial charge < -0.3 is 0 Å². The monoisotopic (exact) mass is 398 g/mol. The van der Waals surface area contributed by atoms with Gasteiger partial charge in [0, 0.05) is 0 Å². The van der Waals surface area contributed by atoms with Crippen LogP contribution in [0.1, 0.15) is 119 Å². The first kappa shape index (κ1) is 23.1. The summed E-state index contributed by atoms with van der Waals surface area (Å²) in [6, 6.07) is 0.